The molecule has 2 aromatic carbocycles. The molecule has 1 fully saturated rings. The summed E-state index contributed by atoms with van der Waals surface area (Å²) >= 11 is 0. The first-order valence-corrected chi connectivity index (χ1v) is 10.7. The molecular weight excluding hydrogens is 422 g/mol. The lowest BCUT2D eigenvalue weighted by atomic mass is 9.78. The minimum absolute atomic E-state index is 0.266. The van der Waals surface area contributed by atoms with E-state index in [-0.39, 0.29) is 13.0 Å². The zero-order valence-electron chi connectivity index (χ0n) is 19.0. The number of nitrogens with two attached hydrogens (primary N) is 1. The summed E-state index contributed by atoms with van der Waals surface area (Å²) in [5.74, 6) is -2.14. The Balaban J connectivity index is 1.90. The van der Waals surface area contributed by atoms with E-state index in [2.05, 4.69) is 5.32 Å². The van der Waals surface area contributed by atoms with Crippen molar-refractivity contribution in [1.82, 2.24) is 10.2 Å². The number of Topliss-reactive ketones (excluding diaryl/α,β-unsaturated/α-hetero) is 1. The Morgan fingerprint density at radius 1 is 1.09 bits per heavy atom. The van der Waals surface area contributed by atoms with E-state index in [9.17, 15) is 19.2 Å². The maximum atomic E-state index is 13.6. The standard InChI is InChI=1S/C25H29N3O5/c1-25(2,17-12-8-5-9-13-17)14-18(27-23(31)16-10-6-4-7-11-16)24(32)28(3)20-19(29)15-33-21(20)22(26)30/h4-13,18,20-21H,14-15H2,1-3H3,(H2,26,30)(H,27,31)/t18?,20?,21-/m0/s1. The Hall–Kier alpha value is -3.52. The number of benzene rings is 2. The van der Waals surface area contributed by atoms with Crippen LogP contribution in [0.1, 0.15) is 36.2 Å². The minimum atomic E-state index is -1.22. The smallest absolute Gasteiger partial charge is 0.251 e. The lowest BCUT2D eigenvalue weighted by Crippen LogP contribution is -2.57. The van der Waals surface area contributed by atoms with Gasteiger partial charge in [0.1, 0.15) is 18.7 Å². The molecular formula is C25H29N3O5. The quantitative estimate of drug-likeness (QED) is 0.629. The summed E-state index contributed by atoms with van der Waals surface area (Å²) in [6, 6.07) is 16.1. The van der Waals surface area contributed by atoms with Crippen LogP contribution in [0.5, 0.6) is 0 Å². The number of ether oxygens (including phenoxy) is 1. The Morgan fingerprint density at radius 3 is 2.24 bits per heavy atom. The largest absolute Gasteiger partial charge is 0.367 e. The second-order valence-corrected chi connectivity index (χ2v) is 8.84. The number of nitrogens with zero attached hydrogens (tertiary/aromatic N) is 1. The van der Waals surface area contributed by atoms with Gasteiger partial charge in [0.05, 0.1) is 0 Å². The molecule has 2 unspecified atom stereocenters. The lowest BCUT2D eigenvalue weighted by Gasteiger charge is -2.34. The number of carbonyl (C=O) groups is 4. The molecule has 0 saturated carbocycles. The molecule has 2 aromatic rings. The number of hydrogen-bond acceptors (Lipinski definition) is 5. The van der Waals surface area contributed by atoms with Crippen LogP contribution in [-0.2, 0) is 24.5 Å². The van der Waals surface area contributed by atoms with Crippen molar-refractivity contribution >= 4 is 23.5 Å². The monoisotopic (exact) mass is 451 g/mol. The molecule has 3 rings (SSSR count). The Kier molecular flexibility index (Phi) is 7.28. The van der Waals surface area contributed by atoms with E-state index in [1.807, 2.05) is 44.2 Å². The van der Waals surface area contributed by atoms with E-state index < -0.39 is 47.1 Å². The predicted molar refractivity (Wildman–Crippen MR) is 122 cm³/mol. The molecule has 1 heterocycles. The zero-order chi connectivity index (χ0) is 24.2. The molecule has 0 spiro atoms. The first-order valence-electron chi connectivity index (χ1n) is 10.7. The molecule has 0 aliphatic carbocycles. The summed E-state index contributed by atoms with van der Waals surface area (Å²) in [4.78, 5) is 51.8. The van der Waals surface area contributed by atoms with Crippen LogP contribution in [0.2, 0.25) is 0 Å². The first-order chi connectivity index (χ1) is 15.6. The third kappa shape index (κ3) is 5.46. The van der Waals surface area contributed by atoms with Crippen molar-refractivity contribution in [3.63, 3.8) is 0 Å². The number of nitrogens with one attached hydrogen (secondary N) is 1. The van der Waals surface area contributed by atoms with Gasteiger partial charge in [0, 0.05) is 12.6 Å². The maximum Gasteiger partial charge on any atom is 0.251 e. The van der Waals surface area contributed by atoms with Gasteiger partial charge >= 0.3 is 0 Å². The summed E-state index contributed by atoms with van der Waals surface area (Å²) in [5.41, 5.74) is 6.30. The number of hydrogen-bond donors (Lipinski definition) is 2. The lowest BCUT2D eigenvalue weighted by molar-refractivity contribution is -0.141. The van der Waals surface area contributed by atoms with E-state index in [4.69, 9.17) is 10.5 Å². The molecule has 3 N–H and O–H groups in total. The topological polar surface area (TPSA) is 119 Å². The van der Waals surface area contributed by atoms with Crippen LogP contribution in [0.3, 0.4) is 0 Å². The number of likely N-dealkylation sites (N-methyl/N-ethyl adjacent to an activating group) is 1. The minimum Gasteiger partial charge on any atom is -0.367 e. The van der Waals surface area contributed by atoms with Crippen LogP contribution >= 0.6 is 0 Å². The average Bonchev–Trinajstić information content (AvgIpc) is 3.20. The van der Waals surface area contributed by atoms with Gasteiger partial charge in [-0.15, -0.1) is 0 Å². The number of primary amides is 1. The predicted octanol–water partition coefficient (Wildman–Crippen LogP) is 1.43. The summed E-state index contributed by atoms with van der Waals surface area (Å²) in [7, 11) is 1.42. The molecule has 1 saturated heterocycles. The van der Waals surface area contributed by atoms with Gasteiger partial charge < -0.3 is 20.7 Å². The van der Waals surface area contributed by atoms with Gasteiger partial charge in [-0.3, -0.25) is 19.2 Å². The third-order valence-electron chi connectivity index (χ3n) is 5.98. The van der Waals surface area contributed by atoms with E-state index in [1.54, 1.807) is 30.3 Å². The number of amides is 3. The molecule has 0 bridgehead atoms. The molecule has 0 aromatic heterocycles. The molecule has 3 amide bonds. The normalized spacial score (nSPS) is 19.1. The highest BCUT2D eigenvalue weighted by atomic mass is 16.5. The van der Waals surface area contributed by atoms with Gasteiger partial charge in [-0.2, -0.15) is 0 Å². The summed E-state index contributed by atoms with van der Waals surface area (Å²) in [5, 5.41) is 2.82. The van der Waals surface area contributed by atoms with Crippen molar-refractivity contribution in [1.29, 1.82) is 0 Å². The second-order valence-electron chi connectivity index (χ2n) is 8.84. The molecule has 0 radical (unpaired) electrons. The van der Waals surface area contributed by atoms with Crippen molar-refractivity contribution in [3.05, 3.63) is 71.8 Å². The van der Waals surface area contributed by atoms with Crippen LogP contribution in [0.4, 0.5) is 0 Å². The van der Waals surface area contributed by atoms with Gasteiger partial charge in [-0.1, -0.05) is 62.4 Å². The van der Waals surface area contributed by atoms with E-state index >= 15 is 0 Å². The first kappa shape index (κ1) is 24.1. The Labute approximate surface area is 193 Å². The van der Waals surface area contributed by atoms with Crippen molar-refractivity contribution < 1.29 is 23.9 Å². The number of rotatable bonds is 8. The van der Waals surface area contributed by atoms with Crippen molar-refractivity contribution in [2.24, 2.45) is 5.73 Å². The Morgan fingerprint density at radius 2 is 1.67 bits per heavy atom. The molecule has 3 atom stereocenters. The van der Waals surface area contributed by atoms with Crippen LogP contribution in [0, 0.1) is 0 Å². The van der Waals surface area contributed by atoms with Gasteiger partial charge in [0.2, 0.25) is 11.8 Å². The molecule has 8 heteroatoms. The average molecular weight is 452 g/mol. The van der Waals surface area contributed by atoms with Crippen LogP contribution < -0.4 is 11.1 Å². The second kappa shape index (κ2) is 9.95. The maximum absolute atomic E-state index is 13.6. The van der Waals surface area contributed by atoms with Crippen LogP contribution in [0.25, 0.3) is 0 Å². The van der Waals surface area contributed by atoms with Crippen molar-refractivity contribution in [2.75, 3.05) is 13.7 Å². The van der Waals surface area contributed by atoms with Gasteiger partial charge in [-0.05, 0) is 29.5 Å². The summed E-state index contributed by atoms with van der Waals surface area (Å²) in [6.07, 6.45) is -0.957. The number of ketones is 1. The fraction of sp³-hybridized carbons (Fsp3) is 0.360. The highest BCUT2D eigenvalue weighted by Crippen LogP contribution is 2.29. The molecule has 1 aliphatic heterocycles. The van der Waals surface area contributed by atoms with E-state index in [0.717, 1.165) is 5.56 Å². The fourth-order valence-corrected chi connectivity index (χ4v) is 4.11. The fourth-order valence-electron chi connectivity index (χ4n) is 4.11. The molecule has 174 valence electrons. The van der Waals surface area contributed by atoms with Gasteiger partial charge in [0.15, 0.2) is 11.9 Å². The molecule has 1 aliphatic rings. The highest BCUT2D eigenvalue weighted by molar-refractivity contribution is 6.01. The summed E-state index contributed by atoms with van der Waals surface area (Å²) < 4.78 is 5.21. The highest BCUT2D eigenvalue weighted by Gasteiger charge is 2.45. The molecule has 8 nitrogen and oxygen atoms in total. The zero-order valence-corrected chi connectivity index (χ0v) is 19.0. The van der Waals surface area contributed by atoms with Gasteiger partial charge in [0.25, 0.3) is 5.91 Å². The van der Waals surface area contributed by atoms with E-state index in [0.29, 0.717) is 5.56 Å². The Bertz CT molecular complexity index is 1020. The van der Waals surface area contributed by atoms with Crippen molar-refractivity contribution in [3.8, 4) is 0 Å². The summed E-state index contributed by atoms with van der Waals surface area (Å²) in [6.45, 7) is 3.66. The van der Waals surface area contributed by atoms with Crippen LogP contribution in [0.15, 0.2) is 60.7 Å². The number of carbonyl (C=O) groups excluding carboxylic acids is 4. The van der Waals surface area contributed by atoms with Crippen molar-refractivity contribution in [2.45, 2.75) is 43.9 Å². The third-order valence-corrected chi connectivity index (χ3v) is 5.98. The molecule has 33 heavy (non-hydrogen) atoms. The SMILES string of the molecule is CN(C(=O)C(CC(C)(C)c1ccccc1)NC(=O)c1ccccc1)C1C(=O)CO[C@@H]1C(N)=O. The van der Waals surface area contributed by atoms with Crippen LogP contribution in [-0.4, -0.2) is 60.2 Å². The van der Waals surface area contributed by atoms with E-state index in [1.165, 1.54) is 11.9 Å². The van der Waals surface area contributed by atoms with Gasteiger partial charge in [-0.25, -0.2) is 0 Å².